The second kappa shape index (κ2) is 4.82. The fourth-order valence-corrected chi connectivity index (χ4v) is 2.79. The number of nitrogens with zero attached hydrogens (tertiary/aromatic N) is 1. The van der Waals surface area contributed by atoms with Gasteiger partial charge in [0.2, 0.25) is 0 Å². The Labute approximate surface area is 121 Å². The molecule has 0 atom stereocenters. The molecule has 0 aliphatic carbocycles. The van der Waals surface area contributed by atoms with Crippen LogP contribution < -0.4 is 0 Å². The van der Waals surface area contributed by atoms with E-state index in [1.165, 1.54) is 24.3 Å². The highest BCUT2D eigenvalue weighted by Crippen LogP contribution is 2.21. The summed E-state index contributed by atoms with van der Waals surface area (Å²) in [6.07, 6.45) is 6.05. The molecule has 6 heteroatoms. The molecule has 0 aliphatic heterocycles. The molecule has 5 nitrogen and oxygen atoms in total. The van der Waals surface area contributed by atoms with Gasteiger partial charge in [0.15, 0.2) is 15.6 Å². The van der Waals surface area contributed by atoms with Crippen LogP contribution in [0.15, 0.2) is 53.8 Å². The number of carbonyl (C=O) groups is 1. The summed E-state index contributed by atoms with van der Waals surface area (Å²) in [7, 11) is -3.26. The highest BCUT2D eigenvalue weighted by atomic mass is 32.2. The minimum absolute atomic E-state index is 0.172. The number of rotatable bonds is 3. The predicted octanol–water partition coefficient (Wildman–Crippen LogP) is 2.20. The highest BCUT2D eigenvalue weighted by molar-refractivity contribution is 7.90. The molecule has 0 saturated heterocycles. The van der Waals surface area contributed by atoms with E-state index in [-0.39, 0.29) is 10.7 Å². The monoisotopic (exact) mass is 300 g/mol. The molecule has 0 aliphatic rings. The molecular weight excluding hydrogens is 288 g/mol. The van der Waals surface area contributed by atoms with Gasteiger partial charge in [0, 0.05) is 46.9 Å². The number of aromatic amines is 1. The lowest BCUT2D eigenvalue weighted by Crippen LogP contribution is -2.02. The van der Waals surface area contributed by atoms with Crippen LogP contribution in [-0.4, -0.2) is 30.4 Å². The first-order valence-electron chi connectivity index (χ1n) is 6.23. The Hall–Kier alpha value is -2.47. The molecule has 0 unspecified atom stereocenters. The maximum absolute atomic E-state index is 12.5. The van der Waals surface area contributed by atoms with Crippen LogP contribution in [0.25, 0.3) is 10.9 Å². The number of nitrogens with one attached hydrogen (secondary N) is 1. The van der Waals surface area contributed by atoms with Crippen LogP contribution in [0.5, 0.6) is 0 Å². The van der Waals surface area contributed by atoms with E-state index < -0.39 is 9.84 Å². The second-order valence-electron chi connectivity index (χ2n) is 4.75. The normalized spacial score (nSPS) is 11.7. The van der Waals surface area contributed by atoms with Crippen molar-refractivity contribution in [2.45, 2.75) is 4.90 Å². The molecule has 2 aromatic heterocycles. The third-order valence-electron chi connectivity index (χ3n) is 3.27. The van der Waals surface area contributed by atoms with Crippen LogP contribution in [0.3, 0.4) is 0 Å². The number of benzene rings is 1. The van der Waals surface area contributed by atoms with Crippen molar-refractivity contribution in [3.63, 3.8) is 0 Å². The molecule has 106 valence electrons. The maximum atomic E-state index is 12.5. The molecule has 21 heavy (non-hydrogen) atoms. The summed E-state index contributed by atoms with van der Waals surface area (Å²) in [6.45, 7) is 0. The number of ketones is 1. The lowest BCUT2D eigenvalue weighted by molar-refractivity contribution is 0.104. The topological polar surface area (TPSA) is 79.9 Å². The molecule has 1 aromatic carbocycles. The fourth-order valence-electron chi connectivity index (χ4n) is 2.16. The van der Waals surface area contributed by atoms with Crippen molar-refractivity contribution in [3.8, 4) is 0 Å². The van der Waals surface area contributed by atoms with E-state index in [0.717, 1.165) is 17.2 Å². The summed E-state index contributed by atoms with van der Waals surface area (Å²) in [5.41, 5.74) is 1.79. The van der Waals surface area contributed by atoms with Crippen LogP contribution in [0.4, 0.5) is 0 Å². The molecule has 3 aromatic rings. The first kappa shape index (κ1) is 13.5. The van der Waals surface area contributed by atoms with Gasteiger partial charge in [-0.25, -0.2) is 8.42 Å². The number of sulfone groups is 1. The Morgan fingerprint density at radius 2 is 1.86 bits per heavy atom. The molecule has 1 N–H and O–H groups in total. The summed E-state index contributed by atoms with van der Waals surface area (Å²) in [5.74, 6) is -0.172. The van der Waals surface area contributed by atoms with E-state index in [1.54, 1.807) is 24.7 Å². The van der Waals surface area contributed by atoms with Crippen molar-refractivity contribution >= 4 is 26.5 Å². The lowest BCUT2D eigenvalue weighted by atomic mass is 10.0. The van der Waals surface area contributed by atoms with E-state index in [1.807, 2.05) is 0 Å². The van der Waals surface area contributed by atoms with Gasteiger partial charge in [0.25, 0.3) is 0 Å². The number of hydrogen-bond donors (Lipinski definition) is 1. The van der Waals surface area contributed by atoms with Crippen LogP contribution in [0.1, 0.15) is 15.9 Å². The second-order valence-corrected chi connectivity index (χ2v) is 6.77. The summed E-state index contributed by atoms with van der Waals surface area (Å²) < 4.78 is 22.8. The Morgan fingerprint density at radius 3 is 2.52 bits per heavy atom. The third-order valence-corrected chi connectivity index (χ3v) is 4.40. The van der Waals surface area contributed by atoms with Crippen molar-refractivity contribution in [2.75, 3.05) is 6.26 Å². The van der Waals surface area contributed by atoms with Gasteiger partial charge in [0.05, 0.1) is 4.90 Å². The van der Waals surface area contributed by atoms with Crippen LogP contribution in [0, 0.1) is 0 Å². The quantitative estimate of drug-likeness (QED) is 0.752. The minimum Gasteiger partial charge on any atom is -0.360 e. The fraction of sp³-hybridized carbons (Fsp3) is 0.0667. The predicted molar refractivity (Wildman–Crippen MR) is 79.1 cm³/mol. The largest absolute Gasteiger partial charge is 0.360 e. The Bertz CT molecular complexity index is 925. The van der Waals surface area contributed by atoms with E-state index in [2.05, 4.69) is 9.97 Å². The zero-order valence-electron chi connectivity index (χ0n) is 11.2. The van der Waals surface area contributed by atoms with Crippen molar-refractivity contribution in [1.82, 2.24) is 9.97 Å². The van der Waals surface area contributed by atoms with E-state index in [0.29, 0.717) is 11.1 Å². The van der Waals surface area contributed by atoms with Gasteiger partial charge >= 0.3 is 0 Å². The Kier molecular flexibility index (Phi) is 3.10. The SMILES string of the molecule is CS(=O)(=O)c1ccc(C(=O)c2c[nH]c3ccncc23)cc1. The van der Waals surface area contributed by atoms with Crippen molar-refractivity contribution in [1.29, 1.82) is 0 Å². The standard InChI is InChI=1S/C15H12N2O3S/c1-21(19,20)11-4-2-10(3-5-11)15(18)13-9-17-14-6-7-16-8-12(13)14/h2-9,17H,1H3. The number of H-pyrrole nitrogens is 1. The van der Waals surface area contributed by atoms with Gasteiger partial charge in [0.1, 0.15) is 0 Å². The van der Waals surface area contributed by atoms with Crippen molar-refractivity contribution in [3.05, 3.63) is 60.0 Å². The number of fused-ring (bicyclic) bond motifs is 1. The molecule has 0 fully saturated rings. The van der Waals surface area contributed by atoms with E-state index in [4.69, 9.17) is 0 Å². The summed E-state index contributed by atoms with van der Waals surface area (Å²) in [6, 6.07) is 7.71. The zero-order chi connectivity index (χ0) is 15.0. The highest BCUT2D eigenvalue weighted by Gasteiger charge is 2.15. The first-order valence-corrected chi connectivity index (χ1v) is 8.12. The zero-order valence-corrected chi connectivity index (χ0v) is 12.0. The molecule has 2 heterocycles. The average molecular weight is 300 g/mol. The summed E-state index contributed by atoms with van der Waals surface area (Å²) in [4.78, 5) is 19.7. The molecule has 3 rings (SSSR count). The van der Waals surface area contributed by atoms with E-state index >= 15 is 0 Å². The molecule has 0 saturated carbocycles. The van der Waals surface area contributed by atoms with E-state index in [9.17, 15) is 13.2 Å². The third kappa shape index (κ3) is 2.45. The number of aromatic nitrogens is 2. The molecular formula is C15H12N2O3S. The van der Waals surface area contributed by atoms with Gasteiger partial charge in [-0.3, -0.25) is 9.78 Å². The van der Waals surface area contributed by atoms with Crippen LogP contribution in [-0.2, 0) is 9.84 Å². The molecule has 0 radical (unpaired) electrons. The number of carbonyl (C=O) groups excluding carboxylic acids is 1. The van der Waals surface area contributed by atoms with Gasteiger partial charge in [-0.1, -0.05) is 0 Å². The van der Waals surface area contributed by atoms with Gasteiger partial charge in [-0.2, -0.15) is 0 Å². The molecule has 0 bridgehead atoms. The number of hydrogen-bond acceptors (Lipinski definition) is 4. The van der Waals surface area contributed by atoms with Crippen LogP contribution in [0.2, 0.25) is 0 Å². The van der Waals surface area contributed by atoms with Crippen molar-refractivity contribution in [2.24, 2.45) is 0 Å². The Balaban J connectivity index is 2.03. The minimum atomic E-state index is -3.26. The van der Waals surface area contributed by atoms with Gasteiger partial charge in [-0.15, -0.1) is 0 Å². The first-order chi connectivity index (χ1) is 9.97. The molecule has 0 spiro atoms. The molecule has 0 amide bonds. The van der Waals surface area contributed by atoms with Crippen LogP contribution >= 0.6 is 0 Å². The number of pyridine rings is 1. The van der Waals surface area contributed by atoms with Crippen molar-refractivity contribution < 1.29 is 13.2 Å². The Morgan fingerprint density at radius 1 is 1.14 bits per heavy atom. The summed E-state index contributed by atoms with van der Waals surface area (Å²) in [5, 5.41) is 0.745. The maximum Gasteiger partial charge on any atom is 0.195 e. The summed E-state index contributed by atoms with van der Waals surface area (Å²) >= 11 is 0. The van der Waals surface area contributed by atoms with Gasteiger partial charge in [-0.05, 0) is 30.3 Å². The average Bonchev–Trinajstić information content (AvgIpc) is 2.90. The van der Waals surface area contributed by atoms with Gasteiger partial charge < -0.3 is 4.98 Å². The smallest absolute Gasteiger partial charge is 0.195 e. The lowest BCUT2D eigenvalue weighted by Gasteiger charge is -2.02.